The van der Waals surface area contributed by atoms with Crippen molar-refractivity contribution >= 4 is 17.5 Å². The van der Waals surface area contributed by atoms with Gasteiger partial charge in [0, 0.05) is 57.4 Å². The van der Waals surface area contributed by atoms with Crippen molar-refractivity contribution in [2.75, 3.05) is 37.6 Å². The van der Waals surface area contributed by atoms with Crippen molar-refractivity contribution in [2.24, 2.45) is 5.92 Å². The lowest BCUT2D eigenvalue weighted by molar-refractivity contribution is -0.135. The van der Waals surface area contributed by atoms with Crippen LogP contribution in [0.4, 0.5) is 14.5 Å². The Morgan fingerprint density at radius 2 is 1.75 bits per heavy atom. The first-order chi connectivity index (χ1) is 15.4. The number of benzene rings is 2. The molecule has 166 valence electrons. The Morgan fingerprint density at radius 3 is 2.44 bits per heavy atom. The molecule has 2 fully saturated rings. The van der Waals surface area contributed by atoms with Gasteiger partial charge in [-0.15, -0.1) is 0 Å². The second-order valence-corrected chi connectivity index (χ2v) is 8.30. The van der Waals surface area contributed by atoms with Gasteiger partial charge in [0.1, 0.15) is 11.6 Å². The number of anilines is 1. The lowest BCUT2D eigenvalue weighted by atomic mass is 10.1. The number of halogens is 2. The molecular weight excluding hydrogens is 414 g/mol. The number of rotatable bonds is 4. The smallest absolute Gasteiger partial charge is 0.228 e. The third-order valence-corrected chi connectivity index (χ3v) is 6.02. The van der Waals surface area contributed by atoms with E-state index in [-0.39, 0.29) is 30.5 Å². The molecule has 2 saturated heterocycles. The fourth-order valence-electron chi connectivity index (χ4n) is 4.37. The molecule has 0 aromatic heterocycles. The lowest BCUT2D eigenvalue weighted by Crippen LogP contribution is -2.39. The van der Waals surface area contributed by atoms with Gasteiger partial charge in [-0.05, 0) is 36.2 Å². The molecule has 4 rings (SSSR count). The molecule has 2 amide bonds. The molecule has 2 aromatic rings. The molecular formula is C24H24F2N4O2. The SMILES string of the molecule is N#Cc1ccc(CN2CCCN(C(=O)C3CC(=O)N(c4cc(F)cc(F)c4)C3)CC2)cc1. The zero-order chi connectivity index (χ0) is 22.7. The summed E-state index contributed by atoms with van der Waals surface area (Å²) in [5, 5.41) is 8.92. The molecule has 32 heavy (non-hydrogen) atoms. The van der Waals surface area contributed by atoms with Crippen molar-refractivity contribution in [3.8, 4) is 6.07 Å². The Morgan fingerprint density at radius 1 is 1.03 bits per heavy atom. The van der Waals surface area contributed by atoms with Crippen LogP contribution >= 0.6 is 0 Å². The first-order valence-electron chi connectivity index (χ1n) is 10.7. The van der Waals surface area contributed by atoms with Crippen molar-refractivity contribution in [3.05, 3.63) is 65.2 Å². The van der Waals surface area contributed by atoms with E-state index in [0.29, 0.717) is 25.2 Å². The van der Waals surface area contributed by atoms with Crippen LogP contribution in [0.1, 0.15) is 24.0 Å². The van der Waals surface area contributed by atoms with Crippen molar-refractivity contribution in [3.63, 3.8) is 0 Å². The minimum Gasteiger partial charge on any atom is -0.341 e. The van der Waals surface area contributed by atoms with E-state index in [9.17, 15) is 18.4 Å². The summed E-state index contributed by atoms with van der Waals surface area (Å²) >= 11 is 0. The summed E-state index contributed by atoms with van der Waals surface area (Å²) < 4.78 is 27.1. The maximum atomic E-state index is 13.6. The zero-order valence-electron chi connectivity index (χ0n) is 17.6. The van der Waals surface area contributed by atoms with Crippen molar-refractivity contribution in [1.29, 1.82) is 5.26 Å². The molecule has 0 N–H and O–H groups in total. The molecule has 2 aromatic carbocycles. The van der Waals surface area contributed by atoms with Gasteiger partial charge in [0.15, 0.2) is 0 Å². The third-order valence-electron chi connectivity index (χ3n) is 6.02. The summed E-state index contributed by atoms with van der Waals surface area (Å²) in [5.74, 6) is -2.41. The van der Waals surface area contributed by atoms with Gasteiger partial charge in [-0.3, -0.25) is 14.5 Å². The van der Waals surface area contributed by atoms with Crippen LogP contribution in [-0.4, -0.2) is 54.3 Å². The number of amides is 2. The summed E-state index contributed by atoms with van der Waals surface area (Å²) in [6.45, 7) is 3.62. The van der Waals surface area contributed by atoms with Gasteiger partial charge in [-0.1, -0.05) is 12.1 Å². The fourth-order valence-corrected chi connectivity index (χ4v) is 4.37. The normalized spacial score (nSPS) is 19.7. The minimum atomic E-state index is -0.752. The molecule has 0 radical (unpaired) electrons. The second-order valence-electron chi connectivity index (χ2n) is 8.30. The van der Waals surface area contributed by atoms with E-state index in [1.807, 2.05) is 12.1 Å². The Bertz CT molecular complexity index is 1030. The molecule has 0 spiro atoms. The van der Waals surface area contributed by atoms with Crippen molar-refractivity contribution in [1.82, 2.24) is 9.80 Å². The Kier molecular flexibility index (Phi) is 6.47. The standard InChI is InChI=1S/C24H24F2N4O2/c25-20-11-21(26)13-22(12-20)30-16-19(10-23(30)31)24(32)29-7-1-6-28(8-9-29)15-18-4-2-17(14-27)3-5-18/h2-5,11-13,19H,1,6-10,15-16H2. The Hall–Kier alpha value is -3.31. The summed E-state index contributed by atoms with van der Waals surface area (Å²) in [6, 6.07) is 12.6. The predicted molar refractivity (Wildman–Crippen MR) is 114 cm³/mol. The number of hydrogen-bond acceptors (Lipinski definition) is 4. The Labute approximate surface area is 185 Å². The largest absolute Gasteiger partial charge is 0.341 e. The second kappa shape index (κ2) is 9.45. The number of nitrogens with zero attached hydrogens (tertiary/aromatic N) is 4. The maximum absolute atomic E-state index is 13.6. The van der Waals surface area contributed by atoms with E-state index in [0.717, 1.165) is 43.3 Å². The molecule has 0 bridgehead atoms. The van der Waals surface area contributed by atoms with Crippen LogP contribution in [0, 0.1) is 28.9 Å². The highest BCUT2D eigenvalue weighted by Gasteiger charge is 2.37. The highest BCUT2D eigenvalue weighted by atomic mass is 19.1. The summed E-state index contributed by atoms with van der Waals surface area (Å²) in [5.41, 5.74) is 1.89. The van der Waals surface area contributed by atoms with Crippen LogP contribution in [0.25, 0.3) is 0 Å². The van der Waals surface area contributed by atoms with E-state index >= 15 is 0 Å². The van der Waals surface area contributed by atoms with Gasteiger partial charge in [-0.25, -0.2) is 8.78 Å². The first-order valence-corrected chi connectivity index (χ1v) is 10.7. The van der Waals surface area contributed by atoms with Crippen LogP contribution in [0.3, 0.4) is 0 Å². The molecule has 8 heteroatoms. The number of hydrogen-bond donors (Lipinski definition) is 0. The van der Waals surface area contributed by atoms with E-state index in [2.05, 4.69) is 11.0 Å². The van der Waals surface area contributed by atoms with E-state index in [4.69, 9.17) is 5.26 Å². The van der Waals surface area contributed by atoms with Crippen LogP contribution in [-0.2, 0) is 16.1 Å². The van der Waals surface area contributed by atoms with E-state index in [1.54, 1.807) is 17.0 Å². The highest BCUT2D eigenvalue weighted by molar-refractivity contribution is 6.00. The lowest BCUT2D eigenvalue weighted by Gasteiger charge is -2.24. The molecule has 0 aliphatic carbocycles. The first kappa shape index (κ1) is 21.9. The van der Waals surface area contributed by atoms with Gasteiger partial charge in [0.05, 0.1) is 17.6 Å². The zero-order valence-corrected chi connectivity index (χ0v) is 17.6. The molecule has 1 unspecified atom stereocenters. The molecule has 6 nitrogen and oxygen atoms in total. The van der Waals surface area contributed by atoms with Gasteiger partial charge in [0.25, 0.3) is 0 Å². The topological polar surface area (TPSA) is 67.6 Å². The van der Waals surface area contributed by atoms with E-state index < -0.39 is 17.6 Å². The van der Waals surface area contributed by atoms with Crippen LogP contribution in [0.2, 0.25) is 0 Å². The summed E-state index contributed by atoms with van der Waals surface area (Å²) in [7, 11) is 0. The predicted octanol–water partition coefficient (Wildman–Crippen LogP) is 2.92. The van der Waals surface area contributed by atoms with Gasteiger partial charge >= 0.3 is 0 Å². The monoisotopic (exact) mass is 438 g/mol. The average molecular weight is 438 g/mol. The number of nitriles is 1. The van der Waals surface area contributed by atoms with Gasteiger partial charge in [0.2, 0.25) is 11.8 Å². The molecule has 2 aliphatic rings. The van der Waals surface area contributed by atoms with Crippen molar-refractivity contribution in [2.45, 2.75) is 19.4 Å². The quantitative estimate of drug-likeness (QED) is 0.736. The molecule has 2 aliphatic heterocycles. The van der Waals surface area contributed by atoms with Crippen LogP contribution in [0.15, 0.2) is 42.5 Å². The van der Waals surface area contributed by atoms with Crippen LogP contribution < -0.4 is 4.90 Å². The fraction of sp³-hybridized carbons (Fsp3) is 0.375. The number of carbonyl (C=O) groups is 2. The Balaban J connectivity index is 1.35. The van der Waals surface area contributed by atoms with Crippen molar-refractivity contribution < 1.29 is 18.4 Å². The average Bonchev–Trinajstić information content (AvgIpc) is 3.01. The number of carbonyl (C=O) groups excluding carboxylic acids is 2. The summed E-state index contributed by atoms with van der Waals surface area (Å²) in [4.78, 5) is 30.9. The van der Waals surface area contributed by atoms with Gasteiger partial charge in [-0.2, -0.15) is 5.26 Å². The van der Waals surface area contributed by atoms with E-state index in [1.165, 1.54) is 4.90 Å². The maximum Gasteiger partial charge on any atom is 0.228 e. The third kappa shape index (κ3) is 4.94. The molecule has 2 heterocycles. The molecule has 0 saturated carbocycles. The minimum absolute atomic E-state index is 0.0441. The highest BCUT2D eigenvalue weighted by Crippen LogP contribution is 2.28. The summed E-state index contributed by atoms with van der Waals surface area (Å²) in [6.07, 6.45) is 0.865. The molecule has 1 atom stereocenters. The van der Waals surface area contributed by atoms with Gasteiger partial charge < -0.3 is 9.80 Å². The van der Waals surface area contributed by atoms with Crippen LogP contribution in [0.5, 0.6) is 0 Å².